The number of fused-ring (bicyclic) bond motifs is 3. The number of para-hydroxylation sites is 1. The average molecular weight is 594 g/mol. The second-order valence-corrected chi connectivity index (χ2v) is 11.3. The Bertz CT molecular complexity index is 1860. The molecule has 5 heteroatoms. The molecule has 0 aromatic heterocycles. The summed E-state index contributed by atoms with van der Waals surface area (Å²) in [6, 6.07) is 37.9. The lowest BCUT2D eigenvalue weighted by molar-refractivity contribution is -0.137. The molecule has 0 unspecified atom stereocenters. The molecular weight excluding hydrogens is 558 g/mol. The molecule has 0 heterocycles. The van der Waals surface area contributed by atoms with E-state index in [-0.39, 0.29) is 12.2 Å². The summed E-state index contributed by atoms with van der Waals surface area (Å²) in [4.78, 5) is 25.4. The normalized spacial score (nSPS) is 12.6. The van der Waals surface area contributed by atoms with Gasteiger partial charge >= 0.3 is 5.97 Å². The summed E-state index contributed by atoms with van der Waals surface area (Å²) in [6.07, 6.45) is 4.29. The van der Waals surface area contributed by atoms with E-state index in [0.29, 0.717) is 23.4 Å². The number of ketones is 1. The molecule has 0 aliphatic heterocycles. The maximum Gasteiger partial charge on any atom is 0.326 e. The van der Waals surface area contributed by atoms with E-state index in [1.807, 2.05) is 42.5 Å². The number of ether oxygens (including phenoxy) is 1. The van der Waals surface area contributed by atoms with Gasteiger partial charge in [-0.1, -0.05) is 110 Å². The number of carboxylic acids is 1. The summed E-state index contributed by atoms with van der Waals surface area (Å²) in [6.45, 7) is 2.60. The molecule has 1 aliphatic rings. The van der Waals surface area contributed by atoms with Gasteiger partial charge in [0.15, 0.2) is 5.78 Å². The van der Waals surface area contributed by atoms with Gasteiger partial charge in [0.2, 0.25) is 0 Å². The number of carboxylic acid groups (broad SMARTS) is 1. The monoisotopic (exact) mass is 593 g/mol. The average Bonchev–Trinajstić information content (AvgIpc) is 3.45. The molecule has 5 nitrogen and oxygen atoms in total. The molecule has 6 rings (SSSR count). The number of benzene rings is 5. The Labute approximate surface area is 263 Å². The van der Waals surface area contributed by atoms with Gasteiger partial charge in [-0.2, -0.15) is 0 Å². The lowest BCUT2D eigenvalue weighted by atomic mass is 10.00. The molecule has 0 bridgehead atoms. The summed E-state index contributed by atoms with van der Waals surface area (Å²) >= 11 is 0. The molecule has 2 N–H and O–H groups in total. The molecule has 1 aliphatic carbocycles. The van der Waals surface area contributed by atoms with Crippen LogP contribution in [0, 0.1) is 0 Å². The summed E-state index contributed by atoms with van der Waals surface area (Å²) < 4.78 is 6.12. The molecule has 5 aromatic carbocycles. The molecule has 0 spiro atoms. The third-order valence-corrected chi connectivity index (χ3v) is 8.27. The number of hydrogen-bond donors (Lipinski definition) is 2. The molecule has 0 saturated carbocycles. The quantitative estimate of drug-likeness (QED) is 0.139. The van der Waals surface area contributed by atoms with Gasteiger partial charge in [-0.15, -0.1) is 0 Å². The highest BCUT2D eigenvalue weighted by Crippen LogP contribution is 2.37. The molecule has 0 fully saturated rings. The first kappa shape index (κ1) is 29.6. The van der Waals surface area contributed by atoms with E-state index in [2.05, 4.69) is 60.8 Å². The Balaban J connectivity index is 1.09. The zero-order valence-corrected chi connectivity index (χ0v) is 25.2. The Hall–Kier alpha value is -5.42. The first-order valence-corrected chi connectivity index (χ1v) is 15.3. The zero-order valence-electron chi connectivity index (χ0n) is 25.2. The van der Waals surface area contributed by atoms with Crippen molar-refractivity contribution < 1.29 is 19.4 Å². The van der Waals surface area contributed by atoms with Crippen molar-refractivity contribution in [3.8, 4) is 16.9 Å². The number of rotatable bonds is 12. The molecule has 0 radical (unpaired) electrons. The summed E-state index contributed by atoms with van der Waals surface area (Å²) in [7, 11) is 0. The van der Waals surface area contributed by atoms with Crippen molar-refractivity contribution in [3.63, 3.8) is 0 Å². The molecule has 0 amide bonds. The van der Waals surface area contributed by atoms with E-state index in [4.69, 9.17) is 4.74 Å². The van der Waals surface area contributed by atoms with E-state index in [0.717, 1.165) is 24.2 Å². The fourth-order valence-corrected chi connectivity index (χ4v) is 5.81. The second-order valence-electron chi connectivity index (χ2n) is 11.3. The Kier molecular flexibility index (Phi) is 8.88. The van der Waals surface area contributed by atoms with Gasteiger partial charge in [0.05, 0.1) is 0 Å². The lowest BCUT2D eigenvalue weighted by Crippen LogP contribution is -2.32. The predicted molar refractivity (Wildman–Crippen MR) is 180 cm³/mol. The van der Waals surface area contributed by atoms with Crippen molar-refractivity contribution in [2.24, 2.45) is 0 Å². The molecule has 1 atom stereocenters. The fraction of sp³-hybridized carbons (Fsp3) is 0.150. The van der Waals surface area contributed by atoms with Crippen LogP contribution in [0.15, 0.2) is 127 Å². The van der Waals surface area contributed by atoms with Crippen LogP contribution >= 0.6 is 0 Å². The van der Waals surface area contributed by atoms with Crippen LogP contribution in [0.5, 0.6) is 5.75 Å². The van der Waals surface area contributed by atoms with Crippen molar-refractivity contribution in [2.45, 2.75) is 32.2 Å². The molecule has 0 saturated heterocycles. The Morgan fingerprint density at radius 3 is 2.31 bits per heavy atom. The van der Waals surface area contributed by atoms with Crippen LogP contribution in [-0.2, 0) is 17.6 Å². The van der Waals surface area contributed by atoms with Gasteiger partial charge in [0, 0.05) is 23.2 Å². The third-order valence-electron chi connectivity index (χ3n) is 8.27. The molecule has 224 valence electrons. The minimum Gasteiger partial charge on any atom is -0.489 e. The smallest absolute Gasteiger partial charge is 0.326 e. The lowest BCUT2D eigenvalue weighted by Gasteiger charge is -2.18. The number of hydrogen-bond acceptors (Lipinski definition) is 4. The summed E-state index contributed by atoms with van der Waals surface area (Å²) in [5.74, 6) is -0.432. The largest absolute Gasteiger partial charge is 0.489 e. The van der Waals surface area contributed by atoms with E-state index in [1.54, 1.807) is 36.4 Å². The number of carbonyl (C=O) groups excluding carboxylic acids is 1. The standard InChI is InChI=1S/C40H35NO4/c1-2-27(22-29-18-21-35-32(23-29)25-31-12-6-7-13-34(31)35)26-45-33-19-16-28(17-20-33)24-38(40(43)44)41-37-15-9-8-14-36(37)39(42)30-10-4-3-5-11-30/h3-23,38,41H,2,24-26H2,1H3,(H,43,44)/t38-/m0/s1. The highest BCUT2D eigenvalue weighted by molar-refractivity contribution is 6.12. The summed E-state index contributed by atoms with van der Waals surface area (Å²) in [5.41, 5.74) is 10.1. The van der Waals surface area contributed by atoms with E-state index < -0.39 is 12.0 Å². The number of nitrogens with one attached hydrogen (secondary N) is 1. The highest BCUT2D eigenvalue weighted by Gasteiger charge is 2.22. The molecule has 45 heavy (non-hydrogen) atoms. The van der Waals surface area contributed by atoms with Crippen molar-refractivity contribution in [1.29, 1.82) is 0 Å². The van der Waals surface area contributed by atoms with Crippen LogP contribution in [0.1, 0.15) is 51.5 Å². The Morgan fingerprint density at radius 2 is 1.53 bits per heavy atom. The van der Waals surface area contributed by atoms with Crippen LogP contribution in [0.3, 0.4) is 0 Å². The number of anilines is 1. The maximum atomic E-state index is 13.1. The first-order chi connectivity index (χ1) is 22.0. The van der Waals surface area contributed by atoms with Crippen molar-refractivity contribution >= 4 is 23.5 Å². The number of carbonyl (C=O) groups is 2. The van der Waals surface area contributed by atoms with E-state index in [1.165, 1.54) is 33.4 Å². The van der Waals surface area contributed by atoms with Crippen molar-refractivity contribution in [2.75, 3.05) is 11.9 Å². The van der Waals surface area contributed by atoms with Gasteiger partial charge in [0.25, 0.3) is 0 Å². The highest BCUT2D eigenvalue weighted by atomic mass is 16.5. The van der Waals surface area contributed by atoms with Gasteiger partial charge < -0.3 is 15.2 Å². The van der Waals surface area contributed by atoms with E-state index >= 15 is 0 Å². The van der Waals surface area contributed by atoms with Gasteiger partial charge in [-0.05, 0) is 76.1 Å². The minimum atomic E-state index is -0.995. The Morgan fingerprint density at radius 1 is 0.822 bits per heavy atom. The van der Waals surface area contributed by atoms with Crippen LogP contribution < -0.4 is 10.1 Å². The summed E-state index contributed by atoms with van der Waals surface area (Å²) in [5, 5.41) is 13.1. The number of aliphatic carboxylic acids is 1. The fourth-order valence-electron chi connectivity index (χ4n) is 5.81. The van der Waals surface area contributed by atoms with Gasteiger partial charge in [-0.25, -0.2) is 4.79 Å². The third kappa shape index (κ3) is 6.89. The van der Waals surface area contributed by atoms with Crippen molar-refractivity contribution in [3.05, 3.63) is 160 Å². The molecular formula is C40H35NO4. The predicted octanol–water partition coefficient (Wildman–Crippen LogP) is 8.47. The van der Waals surface area contributed by atoms with Crippen LogP contribution in [-0.4, -0.2) is 29.5 Å². The molecule has 5 aromatic rings. The van der Waals surface area contributed by atoms with Gasteiger partial charge in [-0.3, -0.25) is 4.79 Å². The van der Waals surface area contributed by atoms with Crippen molar-refractivity contribution in [1.82, 2.24) is 0 Å². The van der Waals surface area contributed by atoms with Crippen LogP contribution in [0.4, 0.5) is 5.69 Å². The van der Waals surface area contributed by atoms with Gasteiger partial charge in [0.1, 0.15) is 18.4 Å². The topological polar surface area (TPSA) is 75.6 Å². The SMILES string of the molecule is CCC(=Cc1ccc2c(c1)Cc1ccccc1-2)COc1ccc(C[C@H](Nc2ccccc2C(=O)c2ccccc2)C(=O)O)cc1. The minimum absolute atomic E-state index is 0.161. The first-order valence-electron chi connectivity index (χ1n) is 15.3. The van der Waals surface area contributed by atoms with Crippen LogP contribution in [0.25, 0.3) is 17.2 Å². The van der Waals surface area contributed by atoms with E-state index in [9.17, 15) is 14.7 Å². The second kappa shape index (κ2) is 13.5. The maximum absolute atomic E-state index is 13.1. The van der Waals surface area contributed by atoms with Crippen LogP contribution in [0.2, 0.25) is 0 Å². The zero-order chi connectivity index (χ0) is 31.2.